The first-order valence-electron chi connectivity index (χ1n) is 8.21. The summed E-state index contributed by atoms with van der Waals surface area (Å²) in [6, 6.07) is 15.1. The fourth-order valence-corrected chi connectivity index (χ4v) is 2.48. The van der Waals surface area contributed by atoms with Gasteiger partial charge in [0, 0.05) is 25.6 Å². The van der Waals surface area contributed by atoms with Gasteiger partial charge < -0.3 is 15.0 Å². The second-order valence-corrected chi connectivity index (χ2v) is 5.66. The lowest BCUT2D eigenvalue weighted by Crippen LogP contribution is -2.32. The predicted octanol–water partition coefficient (Wildman–Crippen LogP) is 2.73. The number of carbonyl (C=O) groups excluding carboxylic acids is 3. The topological polar surface area (TPSA) is 99.5 Å². The number of para-hydroxylation sites is 1. The van der Waals surface area contributed by atoms with Gasteiger partial charge in [-0.2, -0.15) is 5.26 Å². The van der Waals surface area contributed by atoms with Crippen LogP contribution in [0, 0.1) is 11.3 Å². The molecular formula is C20H19N3O4. The highest BCUT2D eigenvalue weighted by atomic mass is 16.5. The maximum absolute atomic E-state index is 12.2. The number of nitrogens with zero attached hydrogens (tertiary/aromatic N) is 2. The number of anilines is 2. The third kappa shape index (κ3) is 5.16. The second kappa shape index (κ2) is 9.15. The molecule has 1 N–H and O–H groups in total. The fourth-order valence-electron chi connectivity index (χ4n) is 2.48. The summed E-state index contributed by atoms with van der Waals surface area (Å²) in [5.74, 6) is -1.01. The largest absolute Gasteiger partial charge is 0.465 e. The molecule has 2 rings (SSSR count). The molecule has 0 saturated heterocycles. The number of nitriles is 1. The third-order valence-corrected chi connectivity index (χ3v) is 3.86. The summed E-state index contributed by atoms with van der Waals surface area (Å²) in [6.07, 6.45) is 0.0537. The Morgan fingerprint density at radius 2 is 1.78 bits per heavy atom. The highest BCUT2D eigenvalue weighted by Crippen LogP contribution is 2.18. The lowest BCUT2D eigenvalue weighted by molar-refractivity contribution is -0.117. The molecule has 0 saturated carbocycles. The van der Waals surface area contributed by atoms with Gasteiger partial charge in [0.2, 0.25) is 11.8 Å². The lowest BCUT2D eigenvalue weighted by Gasteiger charge is -2.21. The Labute approximate surface area is 157 Å². The van der Waals surface area contributed by atoms with E-state index in [1.54, 1.807) is 48.5 Å². The number of methoxy groups -OCH3 is 1. The number of esters is 1. The van der Waals surface area contributed by atoms with Gasteiger partial charge >= 0.3 is 5.97 Å². The molecule has 2 aromatic rings. The molecule has 0 aliphatic heterocycles. The third-order valence-electron chi connectivity index (χ3n) is 3.86. The Hall–Kier alpha value is -3.66. The van der Waals surface area contributed by atoms with Gasteiger partial charge in [0.05, 0.1) is 23.9 Å². The Morgan fingerprint density at radius 1 is 1.11 bits per heavy atom. The Kier molecular flexibility index (Phi) is 6.67. The molecule has 0 aliphatic rings. The molecule has 2 aromatic carbocycles. The van der Waals surface area contributed by atoms with E-state index in [9.17, 15) is 14.4 Å². The summed E-state index contributed by atoms with van der Waals surface area (Å²) in [5.41, 5.74) is 1.74. The van der Waals surface area contributed by atoms with Crippen LogP contribution in [0.25, 0.3) is 0 Å². The monoisotopic (exact) mass is 365 g/mol. The summed E-state index contributed by atoms with van der Waals surface area (Å²) < 4.78 is 4.64. The van der Waals surface area contributed by atoms with Gasteiger partial charge in [0.25, 0.3) is 0 Å². The number of nitrogens with one attached hydrogen (secondary N) is 1. The highest BCUT2D eigenvalue weighted by molar-refractivity contribution is 5.96. The zero-order valence-electron chi connectivity index (χ0n) is 15.1. The van der Waals surface area contributed by atoms with E-state index in [0.29, 0.717) is 22.5 Å². The number of benzene rings is 2. The Balaban J connectivity index is 2.04. The minimum absolute atomic E-state index is 0.0537. The SMILES string of the molecule is COC(=O)c1ccc(N(CCC(=O)Nc2ccccc2C#N)C(C)=O)cc1. The summed E-state index contributed by atoms with van der Waals surface area (Å²) in [4.78, 5) is 37.1. The minimum Gasteiger partial charge on any atom is -0.465 e. The molecule has 0 spiro atoms. The first-order valence-corrected chi connectivity index (χ1v) is 8.21. The van der Waals surface area contributed by atoms with E-state index in [4.69, 9.17) is 5.26 Å². The van der Waals surface area contributed by atoms with E-state index in [-0.39, 0.29) is 24.8 Å². The standard InChI is InChI=1S/C20H19N3O4/c1-14(24)23(17-9-7-15(8-10-17)20(26)27-2)12-11-19(25)22-18-6-4-3-5-16(18)13-21/h3-10H,11-12H2,1-2H3,(H,22,25). The molecule has 2 amide bonds. The van der Waals surface area contributed by atoms with Gasteiger partial charge in [0.1, 0.15) is 6.07 Å². The molecule has 0 radical (unpaired) electrons. The van der Waals surface area contributed by atoms with Crippen LogP contribution >= 0.6 is 0 Å². The van der Waals surface area contributed by atoms with Gasteiger partial charge in [-0.25, -0.2) is 4.79 Å². The summed E-state index contributed by atoms with van der Waals surface area (Å²) >= 11 is 0. The van der Waals surface area contributed by atoms with E-state index in [0.717, 1.165) is 0 Å². The Morgan fingerprint density at radius 3 is 2.37 bits per heavy atom. The minimum atomic E-state index is -0.466. The van der Waals surface area contributed by atoms with Crippen LogP contribution in [0.15, 0.2) is 48.5 Å². The fraction of sp³-hybridized carbons (Fsp3) is 0.200. The van der Waals surface area contributed by atoms with Crippen molar-refractivity contribution in [3.05, 3.63) is 59.7 Å². The van der Waals surface area contributed by atoms with Gasteiger partial charge in [-0.05, 0) is 36.4 Å². The molecule has 138 valence electrons. The van der Waals surface area contributed by atoms with Gasteiger partial charge in [-0.1, -0.05) is 12.1 Å². The predicted molar refractivity (Wildman–Crippen MR) is 100 cm³/mol. The number of hydrogen-bond donors (Lipinski definition) is 1. The van der Waals surface area contributed by atoms with E-state index in [1.165, 1.54) is 18.9 Å². The van der Waals surface area contributed by atoms with Crippen LogP contribution in [0.5, 0.6) is 0 Å². The molecule has 0 atom stereocenters. The molecule has 0 aromatic heterocycles. The van der Waals surface area contributed by atoms with Crippen molar-refractivity contribution in [2.75, 3.05) is 23.9 Å². The normalized spacial score (nSPS) is 9.81. The lowest BCUT2D eigenvalue weighted by atomic mass is 10.2. The summed E-state index contributed by atoms with van der Waals surface area (Å²) in [7, 11) is 1.29. The van der Waals surface area contributed by atoms with Crippen LogP contribution in [0.2, 0.25) is 0 Å². The molecule has 0 heterocycles. The van der Waals surface area contributed by atoms with Crippen LogP contribution in [-0.4, -0.2) is 31.4 Å². The van der Waals surface area contributed by atoms with Crippen LogP contribution in [0.4, 0.5) is 11.4 Å². The Bertz CT molecular complexity index is 885. The van der Waals surface area contributed by atoms with Gasteiger partial charge in [-0.15, -0.1) is 0 Å². The molecular weight excluding hydrogens is 346 g/mol. The van der Waals surface area contributed by atoms with Gasteiger partial charge in [0.15, 0.2) is 0 Å². The maximum Gasteiger partial charge on any atom is 0.337 e. The van der Waals surface area contributed by atoms with Crippen molar-refractivity contribution in [1.82, 2.24) is 0 Å². The molecule has 0 bridgehead atoms. The average molecular weight is 365 g/mol. The van der Waals surface area contributed by atoms with E-state index in [1.807, 2.05) is 6.07 Å². The zero-order chi connectivity index (χ0) is 19.8. The second-order valence-electron chi connectivity index (χ2n) is 5.66. The summed E-state index contributed by atoms with van der Waals surface area (Å²) in [5, 5.41) is 11.7. The first kappa shape index (κ1) is 19.7. The molecule has 27 heavy (non-hydrogen) atoms. The van der Waals surface area contributed by atoms with Crippen molar-refractivity contribution in [3.8, 4) is 6.07 Å². The quantitative estimate of drug-likeness (QED) is 0.794. The van der Waals surface area contributed by atoms with Crippen LogP contribution in [0.1, 0.15) is 29.3 Å². The zero-order valence-corrected chi connectivity index (χ0v) is 15.1. The number of amides is 2. The highest BCUT2D eigenvalue weighted by Gasteiger charge is 2.15. The first-order chi connectivity index (χ1) is 13.0. The van der Waals surface area contributed by atoms with E-state index in [2.05, 4.69) is 10.1 Å². The van der Waals surface area contributed by atoms with Crippen LogP contribution < -0.4 is 10.2 Å². The van der Waals surface area contributed by atoms with Crippen molar-refractivity contribution >= 4 is 29.2 Å². The van der Waals surface area contributed by atoms with E-state index < -0.39 is 5.97 Å². The van der Waals surface area contributed by atoms with Crippen molar-refractivity contribution in [1.29, 1.82) is 5.26 Å². The number of hydrogen-bond acceptors (Lipinski definition) is 5. The van der Waals surface area contributed by atoms with Crippen molar-refractivity contribution in [3.63, 3.8) is 0 Å². The van der Waals surface area contributed by atoms with E-state index >= 15 is 0 Å². The van der Waals surface area contributed by atoms with Crippen molar-refractivity contribution < 1.29 is 19.1 Å². The smallest absolute Gasteiger partial charge is 0.337 e. The molecule has 0 aliphatic carbocycles. The van der Waals surface area contributed by atoms with Crippen LogP contribution in [-0.2, 0) is 14.3 Å². The number of ether oxygens (including phenoxy) is 1. The average Bonchev–Trinajstić information content (AvgIpc) is 2.68. The number of carbonyl (C=O) groups is 3. The van der Waals surface area contributed by atoms with Crippen LogP contribution in [0.3, 0.4) is 0 Å². The van der Waals surface area contributed by atoms with Gasteiger partial charge in [-0.3, -0.25) is 9.59 Å². The van der Waals surface area contributed by atoms with Crippen molar-refractivity contribution in [2.24, 2.45) is 0 Å². The maximum atomic E-state index is 12.2. The summed E-state index contributed by atoms with van der Waals surface area (Å²) in [6.45, 7) is 1.56. The molecule has 7 heteroatoms. The molecule has 0 fully saturated rings. The molecule has 0 unspecified atom stereocenters. The molecule has 7 nitrogen and oxygen atoms in total. The number of rotatable bonds is 6. The van der Waals surface area contributed by atoms with Crippen molar-refractivity contribution in [2.45, 2.75) is 13.3 Å².